The van der Waals surface area contributed by atoms with Crippen LogP contribution >= 0.6 is 0 Å². The Labute approximate surface area is 85.4 Å². The average Bonchev–Trinajstić information content (AvgIpc) is 2.19. The van der Waals surface area contributed by atoms with Crippen LogP contribution in [0.2, 0.25) is 0 Å². The van der Waals surface area contributed by atoms with Gasteiger partial charge in [0.15, 0.2) is 0 Å². The number of aliphatic hydroxyl groups is 2. The van der Waals surface area contributed by atoms with Crippen LogP contribution in [0.4, 0.5) is 0 Å². The molecule has 0 saturated carbocycles. The quantitative estimate of drug-likeness (QED) is 0.670. The van der Waals surface area contributed by atoms with Crippen molar-refractivity contribution in [3.8, 4) is 0 Å². The van der Waals surface area contributed by atoms with Gasteiger partial charge in [0, 0.05) is 13.1 Å². The van der Waals surface area contributed by atoms with Crippen LogP contribution < -0.4 is 0 Å². The lowest BCUT2D eigenvalue weighted by Gasteiger charge is -2.23. The molecule has 0 aromatic rings. The van der Waals surface area contributed by atoms with E-state index in [2.05, 4.69) is 29.2 Å². The van der Waals surface area contributed by atoms with E-state index < -0.39 is 6.10 Å². The number of likely N-dealkylation sites (N-methyl/N-ethyl adjacent to an activating group) is 1. The second-order valence-electron chi connectivity index (χ2n) is 3.87. The van der Waals surface area contributed by atoms with Gasteiger partial charge in [0.05, 0.1) is 12.7 Å². The van der Waals surface area contributed by atoms with Crippen molar-refractivity contribution in [1.82, 2.24) is 4.90 Å². The molecular weight excluding hydrogens is 178 g/mol. The highest BCUT2D eigenvalue weighted by Crippen LogP contribution is 2.12. The molecule has 2 unspecified atom stereocenters. The van der Waals surface area contributed by atoms with Crippen LogP contribution in [-0.4, -0.2) is 48.0 Å². The molecule has 2 N–H and O–H groups in total. The van der Waals surface area contributed by atoms with Gasteiger partial charge in [-0.2, -0.15) is 0 Å². The van der Waals surface area contributed by atoms with Crippen molar-refractivity contribution in [2.24, 2.45) is 5.92 Å². The fraction of sp³-hybridized carbons (Fsp3) is 0.636. The van der Waals surface area contributed by atoms with E-state index >= 15 is 0 Å². The van der Waals surface area contributed by atoms with Crippen LogP contribution in [0.1, 0.15) is 6.42 Å². The summed E-state index contributed by atoms with van der Waals surface area (Å²) in [6, 6.07) is 0. The van der Waals surface area contributed by atoms with Crippen molar-refractivity contribution in [1.29, 1.82) is 0 Å². The summed E-state index contributed by atoms with van der Waals surface area (Å²) in [5.74, 6) is 0.538. The minimum absolute atomic E-state index is 0.162. The topological polar surface area (TPSA) is 43.7 Å². The summed E-state index contributed by atoms with van der Waals surface area (Å²) < 4.78 is 0. The Hall–Kier alpha value is -0.640. The third-order valence-corrected chi connectivity index (χ3v) is 2.35. The number of allylic oxidation sites excluding steroid dienone is 3. The zero-order valence-corrected chi connectivity index (χ0v) is 8.63. The first-order chi connectivity index (χ1) is 6.72. The minimum atomic E-state index is -0.622. The lowest BCUT2D eigenvalue weighted by Crippen LogP contribution is -2.34. The van der Waals surface area contributed by atoms with Gasteiger partial charge in [-0.25, -0.2) is 0 Å². The Morgan fingerprint density at radius 1 is 1.50 bits per heavy atom. The van der Waals surface area contributed by atoms with Crippen LogP contribution in [0, 0.1) is 5.92 Å². The van der Waals surface area contributed by atoms with E-state index in [9.17, 15) is 5.11 Å². The van der Waals surface area contributed by atoms with Gasteiger partial charge >= 0.3 is 0 Å². The summed E-state index contributed by atoms with van der Waals surface area (Å²) in [5, 5.41) is 17.9. The fourth-order valence-electron chi connectivity index (χ4n) is 1.66. The number of hydrogen-bond donors (Lipinski definition) is 2. The molecule has 3 heteroatoms. The van der Waals surface area contributed by atoms with Gasteiger partial charge in [0.2, 0.25) is 0 Å². The van der Waals surface area contributed by atoms with Crippen molar-refractivity contribution < 1.29 is 10.2 Å². The maximum atomic E-state index is 9.23. The van der Waals surface area contributed by atoms with Gasteiger partial charge in [-0.1, -0.05) is 24.3 Å². The molecule has 0 radical (unpaired) electrons. The molecule has 14 heavy (non-hydrogen) atoms. The third kappa shape index (κ3) is 4.05. The normalized spacial score (nSPS) is 23.0. The molecule has 3 nitrogen and oxygen atoms in total. The van der Waals surface area contributed by atoms with E-state index in [1.807, 2.05) is 7.05 Å². The van der Waals surface area contributed by atoms with Gasteiger partial charge in [0.25, 0.3) is 0 Å². The average molecular weight is 197 g/mol. The smallest absolute Gasteiger partial charge is 0.0897 e. The minimum Gasteiger partial charge on any atom is -0.394 e. The Balaban J connectivity index is 2.22. The Bertz CT molecular complexity index is 213. The monoisotopic (exact) mass is 197 g/mol. The molecule has 0 aromatic carbocycles. The van der Waals surface area contributed by atoms with Crippen molar-refractivity contribution >= 4 is 0 Å². The highest BCUT2D eigenvalue weighted by Gasteiger charge is 2.11. The summed E-state index contributed by atoms with van der Waals surface area (Å²) >= 11 is 0. The standard InChI is InChI=1S/C11H19NO2/c1-12(8-11(14)9-13)7-10-5-3-2-4-6-10/h2-5,10-11,13-14H,6-9H2,1H3. The van der Waals surface area contributed by atoms with Crippen molar-refractivity contribution in [3.63, 3.8) is 0 Å². The summed E-state index contributed by atoms with van der Waals surface area (Å²) in [6.45, 7) is 1.30. The highest BCUT2D eigenvalue weighted by molar-refractivity contribution is 5.11. The number of nitrogens with zero attached hydrogens (tertiary/aromatic N) is 1. The molecule has 0 bridgehead atoms. The van der Waals surface area contributed by atoms with Crippen molar-refractivity contribution in [3.05, 3.63) is 24.3 Å². The first-order valence-corrected chi connectivity index (χ1v) is 5.03. The second kappa shape index (κ2) is 5.96. The lowest BCUT2D eigenvalue weighted by molar-refractivity contribution is 0.0642. The van der Waals surface area contributed by atoms with Crippen LogP contribution in [0.5, 0.6) is 0 Å². The molecule has 2 atom stereocenters. The van der Waals surface area contributed by atoms with Gasteiger partial charge in [-0.05, 0) is 19.4 Å². The Morgan fingerprint density at radius 2 is 2.29 bits per heavy atom. The van der Waals surface area contributed by atoms with E-state index in [-0.39, 0.29) is 6.61 Å². The SMILES string of the molecule is CN(CC(O)CO)CC1C=CC=CC1. The zero-order chi connectivity index (χ0) is 10.4. The molecule has 0 aliphatic heterocycles. The number of hydrogen-bond acceptors (Lipinski definition) is 3. The second-order valence-corrected chi connectivity index (χ2v) is 3.87. The molecule has 1 aliphatic rings. The molecular formula is C11H19NO2. The molecule has 0 fully saturated rings. The molecule has 80 valence electrons. The van der Waals surface area contributed by atoms with Crippen LogP contribution in [0.3, 0.4) is 0 Å². The molecule has 0 spiro atoms. The Kier molecular flexibility index (Phi) is 4.87. The van der Waals surface area contributed by atoms with E-state index in [1.54, 1.807) is 0 Å². The molecule has 0 aromatic heterocycles. The summed E-state index contributed by atoms with van der Waals surface area (Å²) in [7, 11) is 1.96. The zero-order valence-electron chi connectivity index (χ0n) is 8.63. The summed E-state index contributed by atoms with van der Waals surface area (Å²) in [5.41, 5.74) is 0. The Morgan fingerprint density at radius 3 is 2.86 bits per heavy atom. The van der Waals surface area contributed by atoms with E-state index in [0.29, 0.717) is 12.5 Å². The van der Waals surface area contributed by atoms with E-state index in [4.69, 9.17) is 5.11 Å². The number of aliphatic hydroxyl groups excluding tert-OH is 2. The molecule has 0 amide bonds. The summed E-state index contributed by atoms with van der Waals surface area (Å²) in [4.78, 5) is 2.05. The number of rotatable bonds is 5. The van der Waals surface area contributed by atoms with E-state index in [1.165, 1.54) is 0 Å². The van der Waals surface area contributed by atoms with Crippen LogP contribution in [0.15, 0.2) is 24.3 Å². The fourth-order valence-corrected chi connectivity index (χ4v) is 1.66. The van der Waals surface area contributed by atoms with Gasteiger partial charge < -0.3 is 15.1 Å². The lowest BCUT2D eigenvalue weighted by atomic mass is 10.0. The van der Waals surface area contributed by atoms with Crippen LogP contribution in [0.25, 0.3) is 0 Å². The largest absolute Gasteiger partial charge is 0.394 e. The molecule has 0 saturated heterocycles. The van der Waals surface area contributed by atoms with Gasteiger partial charge in [-0.15, -0.1) is 0 Å². The van der Waals surface area contributed by atoms with Crippen molar-refractivity contribution in [2.45, 2.75) is 12.5 Å². The van der Waals surface area contributed by atoms with Crippen molar-refractivity contribution in [2.75, 3.05) is 26.7 Å². The highest BCUT2D eigenvalue weighted by atomic mass is 16.3. The molecule has 1 aliphatic carbocycles. The molecule has 0 heterocycles. The first-order valence-electron chi connectivity index (χ1n) is 5.03. The predicted molar refractivity (Wildman–Crippen MR) is 57.0 cm³/mol. The predicted octanol–water partition coefficient (Wildman–Crippen LogP) is 0.404. The van der Waals surface area contributed by atoms with Crippen LogP contribution in [-0.2, 0) is 0 Å². The maximum Gasteiger partial charge on any atom is 0.0897 e. The first kappa shape index (κ1) is 11.4. The van der Waals surface area contributed by atoms with Gasteiger partial charge in [0.1, 0.15) is 0 Å². The molecule has 1 rings (SSSR count). The van der Waals surface area contributed by atoms with E-state index in [0.717, 1.165) is 13.0 Å². The summed E-state index contributed by atoms with van der Waals surface area (Å²) in [6.07, 6.45) is 8.89. The third-order valence-electron chi connectivity index (χ3n) is 2.35. The maximum absolute atomic E-state index is 9.23. The van der Waals surface area contributed by atoms with Gasteiger partial charge in [-0.3, -0.25) is 0 Å².